The summed E-state index contributed by atoms with van der Waals surface area (Å²) in [5.41, 5.74) is 0. The summed E-state index contributed by atoms with van der Waals surface area (Å²) < 4.78 is 0. The Morgan fingerprint density at radius 2 is 2.36 bits per heavy atom. The number of fused-ring (bicyclic) bond motifs is 4. The van der Waals surface area contributed by atoms with E-state index in [0.717, 1.165) is 12.1 Å². The predicted octanol–water partition coefficient (Wildman–Crippen LogP) is 0.833. The molecule has 2 bridgehead atoms. The molecule has 2 atom stereocenters. The number of nitrogens with zero attached hydrogens (tertiary/aromatic N) is 1. The van der Waals surface area contributed by atoms with E-state index in [4.69, 9.17) is 0 Å². The lowest BCUT2D eigenvalue weighted by Gasteiger charge is -2.36. The molecule has 0 amide bonds. The molecule has 0 aromatic carbocycles. The van der Waals surface area contributed by atoms with Gasteiger partial charge in [-0.2, -0.15) is 0 Å². The number of hydrogen-bond donors (Lipinski definition) is 1. The zero-order valence-corrected chi connectivity index (χ0v) is 7.34. The second-order valence-corrected chi connectivity index (χ2v) is 3.78. The predicted molar refractivity (Wildman–Crippen MR) is 46.7 cm³/mol. The maximum atomic E-state index is 3.60. The van der Waals surface area contributed by atoms with Crippen molar-refractivity contribution in [3.63, 3.8) is 0 Å². The highest BCUT2D eigenvalue weighted by Gasteiger charge is 2.29. The van der Waals surface area contributed by atoms with Gasteiger partial charge in [-0.05, 0) is 19.4 Å². The maximum Gasteiger partial charge on any atom is 0.0221 e. The maximum absolute atomic E-state index is 3.60. The molecule has 2 unspecified atom stereocenters. The molecule has 0 aromatic rings. The second kappa shape index (κ2) is 3.11. The first-order valence-electron chi connectivity index (χ1n) is 4.87. The number of rotatable bonds is 1. The minimum Gasteiger partial charge on any atom is -0.311 e. The molecule has 3 aliphatic rings. The fraction of sp³-hybridized carbons (Fsp3) is 1.00. The molecule has 3 heterocycles. The summed E-state index contributed by atoms with van der Waals surface area (Å²) in [7, 11) is 0. The van der Waals surface area contributed by atoms with Crippen molar-refractivity contribution in [2.45, 2.75) is 38.3 Å². The molecule has 3 saturated heterocycles. The van der Waals surface area contributed by atoms with Gasteiger partial charge in [-0.1, -0.05) is 13.3 Å². The van der Waals surface area contributed by atoms with Gasteiger partial charge >= 0.3 is 0 Å². The Labute approximate surface area is 69.0 Å². The van der Waals surface area contributed by atoms with Crippen LogP contribution in [-0.4, -0.2) is 36.6 Å². The van der Waals surface area contributed by atoms with Crippen LogP contribution >= 0.6 is 0 Å². The highest BCUT2D eigenvalue weighted by molar-refractivity contribution is 4.89. The molecule has 3 fully saturated rings. The Morgan fingerprint density at radius 1 is 1.45 bits per heavy atom. The lowest BCUT2D eigenvalue weighted by molar-refractivity contribution is 0.152. The van der Waals surface area contributed by atoms with Crippen molar-refractivity contribution in [2.24, 2.45) is 0 Å². The molecular formula is C9H18N2. The van der Waals surface area contributed by atoms with E-state index in [0.29, 0.717) is 0 Å². The van der Waals surface area contributed by atoms with Crippen molar-refractivity contribution in [1.82, 2.24) is 10.2 Å². The standard InChI is InChI=1S/C9H18N2/c1-2-11-7-8-4-3-5-9(11)6-10-8/h8-10H,2-7H2,1H3. The van der Waals surface area contributed by atoms with Crippen LogP contribution in [0.1, 0.15) is 26.2 Å². The van der Waals surface area contributed by atoms with Crippen molar-refractivity contribution < 1.29 is 0 Å². The summed E-state index contributed by atoms with van der Waals surface area (Å²) in [4.78, 5) is 2.63. The van der Waals surface area contributed by atoms with Crippen LogP contribution in [0.5, 0.6) is 0 Å². The first-order chi connectivity index (χ1) is 5.40. The summed E-state index contributed by atoms with van der Waals surface area (Å²) in [6.45, 7) is 6.04. The fourth-order valence-corrected chi connectivity index (χ4v) is 2.39. The van der Waals surface area contributed by atoms with Crippen LogP contribution in [0.25, 0.3) is 0 Å². The largest absolute Gasteiger partial charge is 0.311 e. The SMILES string of the molecule is CCN1CC2CCCC1CN2. The minimum absolute atomic E-state index is 0.800. The van der Waals surface area contributed by atoms with Gasteiger partial charge in [0.05, 0.1) is 0 Å². The molecule has 1 N–H and O–H groups in total. The molecule has 0 aromatic heterocycles. The Bertz CT molecular complexity index is 132. The van der Waals surface area contributed by atoms with E-state index in [-0.39, 0.29) is 0 Å². The monoisotopic (exact) mass is 154 g/mol. The molecule has 3 rings (SSSR count). The van der Waals surface area contributed by atoms with Gasteiger partial charge in [-0.3, -0.25) is 4.90 Å². The number of likely N-dealkylation sites (N-methyl/N-ethyl adjacent to an activating group) is 1. The third kappa shape index (κ3) is 1.42. The molecule has 0 radical (unpaired) electrons. The Hall–Kier alpha value is -0.0800. The van der Waals surface area contributed by atoms with Gasteiger partial charge in [-0.25, -0.2) is 0 Å². The Balaban J connectivity index is 2.04. The van der Waals surface area contributed by atoms with E-state index in [1.165, 1.54) is 38.9 Å². The smallest absolute Gasteiger partial charge is 0.0221 e. The van der Waals surface area contributed by atoms with Crippen LogP contribution in [0, 0.1) is 0 Å². The second-order valence-electron chi connectivity index (χ2n) is 3.78. The fourth-order valence-electron chi connectivity index (χ4n) is 2.39. The van der Waals surface area contributed by atoms with Gasteiger partial charge in [0, 0.05) is 25.2 Å². The van der Waals surface area contributed by atoms with Crippen molar-refractivity contribution in [1.29, 1.82) is 0 Å². The molecule has 0 aliphatic carbocycles. The zero-order chi connectivity index (χ0) is 7.68. The Kier molecular flexibility index (Phi) is 2.14. The summed E-state index contributed by atoms with van der Waals surface area (Å²) in [6, 6.07) is 1.65. The van der Waals surface area contributed by atoms with E-state index < -0.39 is 0 Å². The average Bonchev–Trinajstić information content (AvgIpc) is 2.37. The third-order valence-corrected chi connectivity index (χ3v) is 3.11. The van der Waals surface area contributed by atoms with Gasteiger partial charge in [0.1, 0.15) is 0 Å². The molecule has 11 heavy (non-hydrogen) atoms. The molecule has 64 valence electrons. The zero-order valence-electron chi connectivity index (χ0n) is 7.34. The first kappa shape index (κ1) is 7.56. The van der Waals surface area contributed by atoms with E-state index in [1.807, 2.05) is 0 Å². The number of hydrogen-bond acceptors (Lipinski definition) is 2. The highest BCUT2D eigenvalue weighted by Crippen LogP contribution is 2.20. The quantitative estimate of drug-likeness (QED) is 0.602. The van der Waals surface area contributed by atoms with Crippen molar-refractivity contribution in [3.8, 4) is 0 Å². The van der Waals surface area contributed by atoms with E-state index in [2.05, 4.69) is 17.1 Å². The summed E-state index contributed by atoms with van der Waals surface area (Å²) in [5, 5.41) is 3.60. The van der Waals surface area contributed by atoms with Crippen molar-refractivity contribution in [3.05, 3.63) is 0 Å². The molecule has 2 nitrogen and oxygen atoms in total. The lowest BCUT2D eigenvalue weighted by atomic mass is 10.1. The van der Waals surface area contributed by atoms with Crippen LogP contribution in [0.3, 0.4) is 0 Å². The molecule has 2 heteroatoms. The van der Waals surface area contributed by atoms with Crippen LogP contribution in [0.2, 0.25) is 0 Å². The third-order valence-electron chi connectivity index (χ3n) is 3.11. The van der Waals surface area contributed by atoms with Crippen molar-refractivity contribution in [2.75, 3.05) is 19.6 Å². The molecule has 3 aliphatic heterocycles. The normalized spacial score (nSPS) is 39.0. The minimum atomic E-state index is 0.800. The van der Waals surface area contributed by atoms with E-state index in [1.54, 1.807) is 0 Å². The van der Waals surface area contributed by atoms with E-state index in [9.17, 15) is 0 Å². The number of nitrogens with one attached hydrogen (secondary N) is 1. The van der Waals surface area contributed by atoms with Gasteiger partial charge in [0.2, 0.25) is 0 Å². The van der Waals surface area contributed by atoms with Crippen LogP contribution in [-0.2, 0) is 0 Å². The number of piperazine rings is 1. The van der Waals surface area contributed by atoms with E-state index >= 15 is 0 Å². The lowest BCUT2D eigenvalue weighted by Crippen LogP contribution is -2.53. The Morgan fingerprint density at radius 3 is 3.18 bits per heavy atom. The molecular weight excluding hydrogens is 136 g/mol. The van der Waals surface area contributed by atoms with Crippen LogP contribution < -0.4 is 5.32 Å². The average molecular weight is 154 g/mol. The summed E-state index contributed by atoms with van der Waals surface area (Å²) in [6.07, 6.45) is 4.24. The summed E-state index contributed by atoms with van der Waals surface area (Å²) in [5.74, 6) is 0. The van der Waals surface area contributed by atoms with Crippen LogP contribution in [0.4, 0.5) is 0 Å². The van der Waals surface area contributed by atoms with Crippen molar-refractivity contribution >= 4 is 0 Å². The topological polar surface area (TPSA) is 15.3 Å². The highest BCUT2D eigenvalue weighted by atomic mass is 15.2. The van der Waals surface area contributed by atoms with Gasteiger partial charge in [0.15, 0.2) is 0 Å². The van der Waals surface area contributed by atoms with Gasteiger partial charge < -0.3 is 5.32 Å². The molecule has 0 saturated carbocycles. The first-order valence-corrected chi connectivity index (χ1v) is 4.87. The molecule has 0 spiro atoms. The van der Waals surface area contributed by atoms with Gasteiger partial charge in [-0.15, -0.1) is 0 Å². The van der Waals surface area contributed by atoms with Gasteiger partial charge in [0.25, 0.3) is 0 Å². The van der Waals surface area contributed by atoms with Crippen LogP contribution in [0.15, 0.2) is 0 Å². The summed E-state index contributed by atoms with van der Waals surface area (Å²) >= 11 is 0.